The molecule has 0 aromatic carbocycles. The average Bonchev–Trinajstić information content (AvgIpc) is 0.782. The lowest BCUT2D eigenvalue weighted by Gasteiger charge is -2.47. The minimum atomic E-state index is -5.55. The van der Waals surface area contributed by atoms with E-state index in [0.717, 1.165) is 161 Å². The van der Waals surface area contributed by atoms with Gasteiger partial charge in [-0.15, -0.1) is 0 Å². The molecule has 2 rings (SSSR count). The number of carbonyl (C=O) groups excluding carboxylic acids is 5. The van der Waals surface area contributed by atoms with Crippen molar-refractivity contribution in [3.8, 4) is 0 Å². The SMILES string of the molecule is CCCCCCCCCCCC(=O)O[C@H](CCCCCCCCCCC)CC(=O)N[C@H]1C(OC(=O)C[C@H](O)CCCCCCCCCCC)[C@H](OP(=O)(O)O)C(CO)O[C@H]1OCC1OC(CO)[C@@H](NC(=O)C[C@H](O)CCCCCCCCCCC)C(OC(=O)C[C@H](O)CCCCCCCCCCC)[C@@H]1O. The number of unbranched alkanes of at least 4 members (excludes halogenated alkanes) is 40. The summed E-state index contributed by atoms with van der Waals surface area (Å²) in [6.07, 6.45) is 27.7. The average molecular weight is 1520 g/mol. The minimum absolute atomic E-state index is 0.133. The number of aliphatic hydroxyl groups excluding tert-OH is 6. The van der Waals surface area contributed by atoms with E-state index in [1.807, 2.05) is 0 Å². The zero-order chi connectivity index (χ0) is 77.1. The molecule has 2 saturated heterocycles. The van der Waals surface area contributed by atoms with Gasteiger partial charge in [0.1, 0.15) is 42.7 Å². The minimum Gasteiger partial charge on any atom is -0.462 e. The Labute approximate surface area is 634 Å². The Bertz CT molecular complexity index is 2200. The summed E-state index contributed by atoms with van der Waals surface area (Å²) in [7, 11) is -5.55. The van der Waals surface area contributed by atoms with Gasteiger partial charge in [0.15, 0.2) is 18.5 Å². The fourth-order valence-corrected chi connectivity index (χ4v) is 15.0. The van der Waals surface area contributed by atoms with E-state index >= 15 is 0 Å². The van der Waals surface area contributed by atoms with E-state index in [9.17, 15) is 69.0 Å². The zero-order valence-electron chi connectivity index (χ0n) is 66.2. The molecule has 2 amide bonds. The van der Waals surface area contributed by atoms with Crippen molar-refractivity contribution in [1.82, 2.24) is 10.6 Å². The van der Waals surface area contributed by atoms with E-state index in [4.69, 9.17) is 32.9 Å². The smallest absolute Gasteiger partial charge is 0.462 e. The molecule has 0 saturated carbocycles. The van der Waals surface area contributed by atoms with Gasteiger partial charge in [0.2, 0.25) is 11.8 Å². The standard InChI is InChI=1S/C81H153N2O21P/c1-6-11-16-21-26-31-36-41-46-51-63(86)56-70(89)82-75-67(60-84)100-69(77(94)79(75)102-73(92)57-64(87)52-47-42-37-32-27-22-17-12-7-2)62-98-81-76(80(78(68(61-85)101-81)104-105(95,96)97)103-74(93)58-65(88)53-48-43-38-33-28-23-18-13-8-3)83-71(90)59-66(54-49-44-39-34-29-24-19-14-9-4)99-72(91)55-50-45-40-35-30-25-20-15-10-5/h63-69,75-81,84-88,94H,6-62H2,1-5H3,(H,82,89)(H,83,90)(H2,95,96,97)/t63-,64-,65-,66-,67?,68?,69?,75-,76+,77-,78-,79?,80?,81-/m1/s1. The highest BCUT2D eigenvalue weighted by molar-refractivity contribution is 7.46. The number of carbonyl (C=O) groups is 5. The first-order chi connectivity index (χ1) is 50.7. The number of phosphoric acid groups is 1. The molecular formula is C81H153N2O21P. The normalized spacial score (nSPS) is 21.7. The third-order valence-electron chi connectivity index (χ3n) is 20.7. The van der Waals surface area contributed by atoms with Crippen molar-refractivity contribution in [2.24, 2.45) is 0 Å². The van der Waals surface area contributed by atoms with E-state index in [-0.39, 0.29) is 19.3 Å². The molecule has 2 aliphatic rings. The maximum Gasteiger partial charge on any atom is 0.470 e. The van der Waals surface area contributed by atoms with Crippen LogP contribution in [0.25, 0.3) is 0 Å². The lowest BCUT2D eigenvalue weighted by Crippen LogP contribution is -2.68. The van der Waals surface area contributed by atoms with Gasteiger partial charge in [-0.25, -0.2) is 4.57 Å². The van der Waals surface area contributed by atoms with Crippen molar-refractivity contribution in [2.45, 2.75) is 467 Å². The Morgan fingerprint density at radius 1 is 0.390 bits per heavy atom. The van der Waals surface area contributed by atoms with E-state index in [1.165, 1.54) is 96.3 Å². The molecule has 2 aliphatic heterocycles. The summed E-state index contributed by atoms with van der Waals surface area (Å²) in [6, 6.07) is -3.19. The van der Waals surface area contributed by atoms with Crippen molar-refractivity contribution >= 4 is 37.5 Å². The first-order valence-corrected chi connectivity index (χ1v) is 44.0. The largest absolute Gasteiger partial charge is 0.470 e. The highest BCUT2D eigenvalue weighted by Crippen LogP contribution is 2.43. The Balaban J connectivity index is 2.61. The molecule has 24 heteroatoms. The van der Waals surface area contributed by atoms with Crippen molar-refractivity contribution < 1.29 is 102 Å². The van der Waals surface area contributed by atoms with E-state index < -0.39 is 162 Å². The molecule has 0 aromatic rings. The quantitative estimate of drug-likeness (QED) is 0.0117. The third-order valence-corrected chi connectivity index (χ3v) is 21.2. The van der Waals surface area contributed by atoms with Gasteiger partial charge in [0.25, 0.3) is 0 Å². The Morgan fingerprint density at radius 3 is 1.12 bits per heavy atom. The van der Waals surface area contributed by atoms with Crippen LogP contribution < -0.4 is 10.6 Å². The molecule has 5 unspecified atom stereocenters. The molecule has 0 spiro atoms. The van der Waals surface area contributed by atoms with Crippen LogP contribution in [0.1, 0.15) is 381 Å². The second-order valence-corrected chi connectivity index (χ2v) is 31.7. The van der Waals surface area contributed by atoms with Gasteiger partial charge in [-0.1, -0.05) is 311 Å². The summed E-state index contributed by atoms with van der Waals surface area (Å²) in [4.78, 5) is 91.2. The van der Waals surface area contributed by atoms with Crippen LogP contribution in [0.5, 0.6) is 0 Å². The lowest BCUT2D eigenvalue weighted by atomic mass is 9.92. The number of rotatable bonds is 70. The van der Waals surface area contributed by atoms with Gasteiger partial charge >= 0.3 is 25.7 Å². The molecule has 2 fully saturated rings. The number of amides is 2. The summed E-state index contributed by atoms with van der Waals surface area (Å²) < 4.78 is 55.1. The number of hydrogen-bond acceptors (Lipinski definition) is 19. The molecule has 0 bridgehead atoms. The zero-order valence-corrected chi connectivity index (χ0v) is 67.1. The van der Waals surface area contributed by atoms with Gasteiger partial charge in [-0.2, -0.15) is 0 Å². The Kier molecular flexibility index (Phi) is 59.6. The first kappa shape index (κ1) is 98.2. The molecular weight excluding hydrogens is 1370 g/mol. The van der Waals surface area contributed by atoms with Crippen molar-refractivity contribution in [3.63, 3.8) is 0 Å². The second kappa shape index (κ2) is 63.7. The predicted octanol–water partition coefficient (Wildman–Crippen LogP) is 15.3. The molecule has 0 radical (unpaired) electrons. The third kappa shape index (κ3) is 49.2. The van der Waals surface area contributed by atoms with Crippen LogP contribution in [0.2, 0.25) is 0 Å². The lowest BCUT2D eigenvalue weighted by molar-refractivity contribution is -0.287. The van der Waals surface area contributed by atoms with Crippen molar-refractivity contribution in [2.75, 3.05) is 19.8 Å². The molecule has 105 heavy (non-hydrogen) atoms. The topological polar surface area (TPSA) is 353 Å². The molecule has 14 atom stereocenters. The summed E-state index contributed by atoms with van der Waals surface area (Å²) in [6.45, 7) is 8.29. The Morgan fingerprint density at radius 2 is 0.733 bits per heavy atom. The summed E-state index contributed by atoms with van der Waals surface area (Å²) in [5, 5.41) is 73.2. The van der Waals surface area contributed by atoms with Crippen LogP contribution in [-0.2, 0) is 61.5 Å². The van der Waals surface area contributed by atoms with Crippen LogP contribution in [0.15, 0.2) is 0 Å². The summed E-state index contributed by atoms with van der Waals surface area (Å²) in [5.74, 6) is -3.95. The van der Waals surface area contributed by atoms with Gasteiger partial charge < -0.3 is 79.5 Å². The molecule has 0 aromatic heterocycles. The number of phosphoric ester groups is 1. The van der Waals surface area contributed by atoms with Gasteiger partial charge in [0.05, 0.1) is 69.9 Å². The number of hydrogen-bond donors (Lipinski definition) is 10. The van der Waals surface area contributed by atoms with Gasteiger partial charge in [0, 0.05) is 6.42 Å². The van der Waals surface area contributed by atoms with Crippen molar-refractivity contribution in [3.05, 3.63) is 0 Å². The maximum atomic E-state index is 14.8. The highest BCUT2D eigenvalue weighted by atomic mass is 31.2. The Hall–Kier alpha value is -2.90. The highest BCUT2D eigenvalue weighted by Gasteiger charge is 2.54. The summed E-state index contributed by atoms with van der Waals surface area (Å²) in [5.41, 5.74) is 0. The molecule has 10 N–H and O–H groups in total. The fourth-order valence-electron chi connectivity index (χ4n) is 14.4. The summed E-state index contributed by atoms with van der Waals surface area (Å²) >= 11 is 0. The molecule has 0 aliphatic carbocycles. The van der Waals surface area contributed by atoms with E-state index in [1.54, 1.807) is 0 Å². The van der Waals surface area contributed by atoms with Gasteiger partial charge in [-0.05, 0) is 38.5 Å². The number of nitrogens with one attached hydrogen (secondary N) is 2. The first-order valence-electron chi connectivity index (χ1n) is 42.5. The fraction of sp³-hybridized carbons (Fsp3) is 0.938. The maximum absolute atomic E-state index is 14.8. The number of esters is 3. The number of ether oxygens (including phenoxy) is 6. The predicted molar refractivity (Wildman–Crippen MR) is 410 cm³/mol. The van der Waals surface area contributed by atoms with Crippen LogP contribution in [-0.4, -0.2) is 175 Å². The van der Waals surface area contributed by atoms with E-state index in [2.05, 4.69) is 45.3 Å². The van der Waals surface area contributed by atoms with Crippen LogP contribution in [0, 0.1) is 0 Å². The second-order valence-electron chi connectivity index (χ2n) is 30.5. The number of aliphatic hydroxyl groups is 6. The van der Waals surface area contributed by atoms with Crippen molar-refractivity contribution in [1.29, 1.82) is 0 Å². The van der Waals surface area contributed by atoms with Crippen LogP contribution in [0.3, 0.4) is 0 Å². The molecule has 23 nitrogen and oxygen atoms in total. The van der Waals surface area contributed by atoms with Gasteiger partial charge in [-0.3, -0.25) is 28.5 Å². The van der Waals surface area contributed by atoms with Crippen LogP contribution >= 0.6 is 7.82 Å². The molecule has 2 heterocycles. The van der Waals surface area contributed by atoms with Crippen LogP contribution in [0.4, 0.5) is 0 Å². The van der Waals surface area contributed by atoms with E-state index in [0.29, 0.717) is 51.4 Å². The monoisotopic (exact) mass is 1520 g/mol. The molecule has 618 valence electrons.